The molecule has 0 amide bonds. The molecule has 5 heteroatoms. The van der Waals surface area contributed by atoms with E-state index in [0.717, 1.165) is 50.5 Å². The molecular weight excluding hydrogens is 488 g/mol. The van der Waals surface area contributed by atoms with E-state index in [2.05, 4.69) is 43.4 Å². The Hall–Kier alpha value is -3.18. The van der Waals surface area contributed by atoms with Crippen LogP contribution < -0.4 is 0 Å². The molecular formula is C34H46O5. The van der Waals surface area contributed by atoms with Gasteiger partial charge in [-0.2, -0.15) is 0 Å². The van der Waals surface area contributed by atoms with Crippen molar-refractivity contribution in [3.8, 4) is 11.5 Å². The number of carbonyl (C=O) groups excluding carboxylic acids is 2. The molecule has 0 aromatic heterocycles. The number of rotatable bonds is 18. The molecule has 0 heterocycles. The zero-order valence-electron chi connectivity index (χ0n) is 24.0. The van der Waals surface area contributed by atoms with E-state index < -0.39 is 17.7 Å². The van der Waals surface area contributed by atoms with Gasteiger partial charge in [-0.15, -0.1) is 0 Å². The van der Waals surface area contributed by atoms with Crippen LogP contribution in [0.3, 0.4) is 0 Å². The third-order valence-electron chi connectivity index (χ3n) is 6.63. The smallest absolute Gasteiger partial charge is 0.196 e. The average molecular weight is 535 g/mol. The van der Waals surface area contributed by atoms with Gasteiger partial charge in [-0.25, -0.2) is 0 Å². The van der Waals surface area contributed by atoms with Crippen LogP contribution in [-0.4, -0.2) is 34.5 Å². The quantitative estimate of drug-likeness (QED) is 0.112. The number of hydrogen-bond donors (Lipinski definition) is 2. The topological polar surface area (TPSA) is 83.8 Å². The standard InChI is InChI=1S/C34H46O5/c1-4-5-6-7-8-9-10-11-12-13-14-15-16-17-18-19-24-39-31(23-20-26(2)3)27-25-30(37)32-28(35)21-22-29(36)33(32)34(27)38/h5-6,8-9,11-12,20-22,25,31,35-36H,4,7,10,13-19,23-24H2,1-3H3/b6-5-,9-8-,12-11-. The fourth-order valence-electron chi connectivity index (χ4n) is 4.47. The maximum Gasteiger partial charge on any atom is 0.196 e. The Morgan fingerprint density at radius 1 is 0.821 bits per heavy atom. The van der Waals surface area contributed by atoms with E-state index >= 15 is 0 Å². The van der Waals surface area contributed by atoms with Crippen LogP contribution in [0.1, 0.15) is 112 Å². The predicted octanol–water partition coefficient (Wildman–Crippen LogP) is 8.73. The molecule has 0 saturated heterocycles. The number of Topliss-reactive ketones (excluding diaryl/α,β-unsaturated/α-hetero) is 1. The van der Waals surface area contributed by atoms with Crippen LogP contribution in [0.25, 0.3) is 0 Å². The van der Waals surface area contributed by atoms with Crippen molar-refractivity contribution in [1.82, 2.24) is 0 Å². The maximum atomic E-state index is 13.2. The highest BCUT2D eigenvalue weighted by Gasteiger charge is 2.34. The number of benzene rings is 1. The molecule has 0 bridgehead atoms. The number of aromatic hydroxyl groups is 2. The number of ketones is 2. The molecule has 5 nitrogen and oxygen atoms in total. The Morgan fingerprint density at radius 3 is 2.08 bits per heavy atom. The number of carbonyl (C=O) groups is 2. The van der Waals surface area contributed by atoms with Crippen molar-refractivity contribution in [2.75, 3.05) is 6.61 Å². The lowest BCUT2D eigenvalue weighted by Gasteiger charge is -2.24. The zero-order valence-corrected chi connectivity index (χ0v) is 24.0. The van der Waals surface area contributed by atoms with E-state index in [4.69, 9.17) is 4.74 Å². The van der Waals surface area contributed by atoms with Crippen LogP contribution >= 0.6 is 0 Å². The Bertz CT molecular complexity index is 1080. The summed E-state index contributed by atoms with van der Waals surface area (Å²) in [5.74, 6) is -1.59. The minimum absolute atomic E-state index is 0.144. The van der Waals surface area contributed by atoms with E-state index in [1.165, 1.54) is 37.5 Å². The van der Waals surface area contributed by atoms with Crippen molar-refractivity contribution in [2.24, 2.45) is 0 Å². The molecule has 1 aromatic carbocycles. The Balaban J connectivity index is 1.73. The monoisotopic (exact) mass is 534 g/mol. The summed E-state index contributed by atoms with van der Waals surface area (Å²) in [5.41, 5.74) is 1.02. The highest BCUT2D eigenvalue weighted by atomic mass is 16.5. The summed E-state index contributed by atoms with van der Waals surface area (Å²) in [5, 5.41) is 20.3. The minimum atomic E-state index is -0.583. The van der Waals surface area contributed by atoms with E-state index in [0.29, 0.717) is 13.0 Å². The molecule has 212 valence electrons. The molecule has 1 unspecified atom stereocenters. The second-order valence-electron chi connectivity index (χ2n) is 10.2. The fraction of sp³-hybridized carbons (Fsp3) is 0.471. The SMILES string of the molecule is CC/C=C\C/C=C\C/C=C\CCCCCCCCOC(CC=C(C)C)C1=CC(=O)c2c(O)ccc(O)c2C1=O. The molecule has 0 saturated carbocycles. The number of ether oxygens (including phenoxy) is 1. The number of fused-ring (bicyclic) bond motifs is 1. The Labute approximate surface area is 234 Å². The molecule has 1 aliphatic carbocycles. The summed E-state index contributed by atoms with van der Waals surface area (Å²) in [6, 6.07) is 2.45. The first kappa shape index (κ1) is 32.0. The van der Waals surface area contributed by atoms with Crippen LogP contribution in [0, 0.1) is 0 Å². The first-order chi connectivity index (χ1) is 18.9. The summed E-state index contributed by atoms with van der Waals surface area (Å²) in [6.07, 6.45) is 27.4. The van der Waals surface area contributed by atoms with Crippen molar-refractivity contribution >= 4 is 11.6 Å². The summed E-state index contributed by atoms with van der Waals surface area (Å²) in [6.45, 7) is 6.58. The van der Waals surface area contributed by atoms with Gasteiger partial charge in [0.15, 0.2) is 11.6 Å². The highest BCUT2D eigenvalue weighted by molar-refractivity contribution is 6.27. The molecule has 0 fully saturated rings. The molecule has 39 heavy (non-hydrogen) atoms. The van der Waals surface area contributed by atoms with Gasteiger partial charge in [0.25, 0.3) is 0 Å². The lowest BCUT2D eigenvalue weighted by Crippen LogP contribution is -2.27. The number of phenolic OH excluding ortho intramolecular Hbond substituents is 2. The number of allylic oxidation sites excluding steroid dienone is 8. The van der Waals surface area contributed by atoms with E-state index in [1.54, 1.807) is 0 Å². The fourth-order valence-corrected chi connectivity index (χ4v) is 4.47. The van der Waals surface area contributed by atoms with Crippen molar-refractivity contribution in [1.29, 1.82) is 0 Å². The van der Waals surface area contributed by atoms with Crippen molar-refractivity contribution in [3.63, 3.8) is 0 Å². The van der Waals surface area contributed by atoms with Gasteiger partial charge in [0, 0.05) is 12.2 Å². The molecule has 0 spiro atoms. The van der Waals surface area contributed by atoms with Crippen LogP contribution in [0.15, 0.2) is 71.9 Å². The number of phenols is 2. The summed E-state index contributed by atoms with van der Waals surface area (Å²) < 4.78 is 6.11. The Morgan fingerprint density at radius 2 is 1.41 bits per heavy atom. The molecule has 1 aromatic rings. The van der Waals surface area contributed by atoms with E-state index in [1.807, 2.05) is 19.9 Å². The van der Waals surface area contributed by atoms with Crippen molar-refractivity contribution in [3.05, 3.63) is 83.0 Å². The third-order valence-corrected chi connectivity index (χ3v) is 6.63. The Kier molecular flexibility index (Phi) is 14.9. The summed E-state index contributed by atoms with van der Waals surface area (Å²) in [7, 11) is 0. The molecule has 1 atom stereocenters. The normalized spacial score (nSPS) is 14.4. The number of hydrogen-bond acceptors (Lipinski definition) is 5. The second kappa shape index (κ2) is 18.2. The molecule has 0 aliphatic heterocycles. The zero-order chi connectivity index (χ0) is 28.5. The summed E-state index contributed by atoms with van der Waals surface area (Å²) in [4.78, 5) is 25.9. The van der Waals surface area contributed by atoms with Gasteiger partial charge in [-0.1, -0.05) is 80.7 Å². The minimum Gasteiger partial charge on any atom is -0.507 e. The van der Waals surface area contributed by atoms with Gasteiger partial charge in [0.1, 0.15) is 11.5 Å². The van der Waals surface area contributed by atoms with E-state index in [9.17, 15) is 19.8 Å². The van der Waals surface area contributed by atoms with Gasteiger partial charge in [0.05, 0.1) is 17.2 Å². The van der Waals surface area contributed by atoms with Gasteiger partial charge in [-0.3, -0.25) is 9.59 Å². The van der Waals surface area contributed by atoms with Gasteiger partial charge < -0.3 is 14.9 Å². The lowest BCUT2D eigenvalue weighted by molar-refractivity contribution is 0.0670. The number of unbranched alkanes of at least 4 members (excludes halogenated alkanes) is 6. The van der Waals surface area contributed by atoms with Crippen LogP contribution in [0.5, 0.6) is 11.5 Å². The van der Waals surface area contributed by atoms with Crippen LogP contribution in [0.2, 0.25) is 0 Å². The molecule has 2 rings (SSSR count). The molecule has 1 aliphatic rings. The largest absolute Gasteiger partial charge is 0.507 e. The van der Waals surface area contributed by atoms with Crippen LogP contribution in [0.4, 0.5) is 0 Å². The third kappa shape index (κ3) is 11.2. The second-order valence-corrected chi connectivity index (χ2v) is 10.2. The van der Waals surface area contributed by atoms with Gasteiger partial charge >= 0.3 is 0 Å². The van der Waals surface area contributed by atoms with E-state index in [-0.39, 0.29) is 28.2 Å². The predicted molar refractivity (Wildman–Crippen MR) is 160 cm³/mol. The molecule has 2 N–H and O–H groups in total. The summed E-state index contributed by atoms with van der Waals surface area (Å²) >= 11 is 0. The first-order valence-electron chi connectivity index (χ1n) is 14.4. The van der Waals surface area contributed by atoms with Gasteiger partial charge in [-0.05, 0) is 77.0 Å². The van der Waals surface area contributed by atoms with Gasteiger partial charge in [0.2, 0.25) is 0 Å². The lowest BCUT2D eigenvalue weighted by atomic mass is 9.85. The molecule has 0 radical (unpaired) electrons. The van der Waals surface area contributed by atoms with Crippen LogP contribution in [-0.2, 0) is 4.74 Å². The van der Waals surface area contributed by atoms with Crippen molar-refractivity contribution in [2.45, 2.75) is 97.5 Å². The first-order valence-corrected chi connectivity index (χ1v) is 14.4. The highest BCUT2D eigenvalue weighted by Crippen LogP contribution is 2.36. The maximum absolute atomic E-state index is 13.2. The average Bonchev–Trinajstić information content (AvgIpc) is 2.91. The van der Waals surface area contributed by atoms with Crippen molar-refractivity contribution < 1.29 is 24.5 Å².